The zero-order valence-electron chi connectivity index (χ0n) is 22.0. The minimum Gasteiger partial charge on any atom is -0.372 e. The minimum absolute atomic E-state index is 0.0183. The van der Waals surface area contributed by atoms with E-state index >= 15 is 0 Å². The molecule has 7 atom stereocenters. The van der Waals surface area contributed by atoms with Crippen LogP contribution in [0.5, 0.6) is 0 Å². The molecule has 4 aliphatic rings. The molecule has 5 unspecified atom stereocenters. The summed E-state index contributed by atoms with van der Waals surface area (Å²) in [7, 11) is 0. The number of amides is 2. The SMILES string of the molecule is CCN(CC)c1ccc(C2c3sc(=O)[nH]c3SC3C2[C@H]2C[C@@H]3C3C(=O)N(c4ccc([N+](=O)[O-])cc4)C(=O)C32)cc1. The van der Waals surface area contributed by atoms with E-state index in [2.05, 4.69) is 48.0 Å². The molecule has 11 heteroatoms. The van der Waals surface area contributed by atoms with Crippen LogP contribution < -0.4 is 14.7 Å². The molecule has 2 aliphatic carbocycles. The van der Waals surface area contributed by atoms with Crippen LogP contribution in [0, 0.1) is 39.7 Å². The smallest absolute Gasteiger partial charge is 0.305 e. The van der Waals surface area contributed by atoms with Crippen LogP contribution in [0.15, 0.2) is 58.4 Å². The van der Waals surface area contributed by atoms with E-state index in [0.717, 1.165) is 40.7 Å². The van der Waals surface area contributed by atoms with Crippen LogP contribution in [-0.2, 0) is 9.59 Å². The molecule has 3 fully saturated rings. The van der Waals surface area contributed by atoms with E-state index in [0.29, 0.717) is 5.69 Å². The summed E-state index contributed by atoms with van der Waals surface area (Å²) in [6.07, 6.45) is 0.816. The molecule has 40 heavy (non-hydrogen) atoms. The number of thioether (sulfide) groups is 1. The highest BCUT2D eigenvalue weighted by Crippen LogP contribution is 2.68. The number of rotatable bonds is 6. The van der Waals surface area contributed by atoms with Crippen molar-refractivity contribution in [2.75, 3.05) is 22.9 Å². The fourth-order valence-electron chi connectivity index (χ4n) is 7.85. The number of thiazole rings is 1. The number of H-pyrrole nitrogens is 1. The van der Waals surface area contributed by atoms with Gasteiger partial charge in [0.1, 0.15) is 0 Å². The summed E-state index contributed by atoms with van der Waals surface area (Å²) in [5.74, 6) is -1.08. The van der Waals surface area contributed by atoms with Crippen molar-refractivity contribution in [1.82, 2.24) is 4.98 Å². The number of hydrogen-bond acceptors (Lipinski definition) is 8. The van der Waals surface area contributed by atoms with Crippen molar-refractivity contribution in [3.05, 3.63) is 78.8 Å². The Hall–Kier alpha value is -3.44. The topological polar surface area (TPSA) is 117 Å². The molecule has 9 nitrogen and oxygen atoms in total. The van der Waals surface area contributed by atoms with Gasteiger partial charge in [0.25, 0.3) is 5.69 Å². The van der Waals surface area contributed by atoms with Crippen molar-refractivity contribution in [2.24, 2.45) is 29.6 Å². The lowest BCUT2D eigenvalue weighted by Crippen LogP contribution is -2.42. The van der Waals surface area contributed by atoms with E-state index in [4.69, 9.17) is 0 Å². The van der Waals surface area contributed by atoms with Gasteiger partial charge in [-0.1, -0.05) is 23.5 Å². The second-order valence-corrected chi connectivity index (χ2v) is 13.2. The number of aromatic amines is 1. The van der Waals surface area contributed by atoms with Crippen LogP contribution in [0.25, 0.3) is 0 Å². The zero-order valence-corrected chi connectivity index (χ0v) is 23.6. The normalized spacial score (nSPS) is 29.9. The molecular weight excluding hydrogens is 548 g/mol. The maximum Gasteiger partial charge on any atom is 0.305 e. The number of nitro groups is 1. The van der Waals surface area contributed by atoms with Crippen molar-refractivity contribution in [2.45, 2.75) is 36.5 Å². The maximum atomic E-state index is 13.9. The molecule has 7 rings (SSSR count). The maximum absolute atomic E-state index is 13.9. The first-order valence-electron chi connectivity index (χ1n) is 13.7. The van der Waals surface area contributed by atoms with Crippen LogP contribution in [0.4, 0.5) is 17.1 Å². The molecule has 2 aliphatic heterocycles. The van der Waals surface area contributed by atoms with Crippen LogP contribution >= 0.6 is 23.1 Å². The van der Waals surface area contributed by atoms with Gasteiger partial charge >= 0.3 is 4.87 Å². The number of nitro benzene ring substituents is 1. The van der Waals surface area contributed by atoms with Crippen LogP contribution in [-0.4, -0.2) is 40.1 Å². The number of imide groups is 1. The Labute approximate surface area is 238 Å². The molecule has 1 aromatic heterocycles. The molecule has 1 saturated heterocycles. The molecule has 2 aromatic carbocycles. The molecule has 3 aromatic rings. The summed E-state index contributed by atoms with van der Waals surface area (Å²) in [4.78, 5) is 58.3. The Morgan fingerprint density at radius 2 is 1.62 bits per heavy atom. The van der Waals surface area contributed by atoms with Gasteiger partial charge in [-0.05, 0) is 67.9 Å². The summed E-state index contributed by atoms with van der Waals surface area (Å²) in [6.45, 7) is 6.10. The van der Waals surface area contributed by atoms with Gasteiger partial charge in [0.05, 0.1) is 27.5 Å². The van der Waals surface area contributed by atoms with Crippen LogP contribution in [0.1, 0.15) is 36.6 Å². The third-order valence-corrected chi connectivity index (χ3v) is 12.0. The summed E-state index contributed by atoms with van der Waals surface area (Å²) >= 11 is 2.93. The Bertz CT molecular complexity index is 1580. The quantitative estimate of drug-likeness (QED) is 0.253. The first kappa shape index (κ1) is 25.5. The summed E-state index contributed by atoms with van der Waals surface area (Å²) < 4.78 is 0. The van der Waals surface area contributed by atoms with Gasteiger partial charge in [0.15, 0.2) is 0 Å². The van der Waals surface area contributed by atoms with Crippen LogP contribution in [0.3, 0.4) is 0 Å². The molecule has 1 N–H and O–H groups in total. The Morgan fingerprint density at radius 3 is 2.25 bits per heavy atom. The van der Waals surface area contributed by atoms with Gasteiger partial charge < -0.3 is 9.88 Å². The van der Waals surface area contributed by atoms with Crippen molar-refractivity contribution < 1.29 is 14.5 Å². The molecule has 2 bridgehead atoms. The highest BCUT2D eigenvalue weighted by atomic mass is 32.2. The molecule has 0 spiro atoms. The first-order chi connectivity index (χ1) is 19.3. The number of anilines is 2. The summed E-state index contributed by atoms with van der Waals surface area (Å²) in [5.41, 5.74) is 2.59. The molecule has 2 saturated carbocycles. The van der Waals surface area contributed by atoms with Crippen molar-refractivity contribution in [3.63, 3.8) is 0 Å². The highest BCUT2D eigenvalue weighted by Gasteiger charge is 2.69. The lowest BCUT2D eigenvalue weighted by molar-refractivity contribution is -0.384. The van der Waals surface area contributed by atoms with Gasteiger partial charge in [-0.15, -0.1) is 11.8 Å². The Balaban J connectivity index is 1.26. The molecule has 0 radical (unpaired) electrons. The Kier molecular flexibility index (Phi) is 5.94. The van der Waals surface area contributed by atoms with E-state index in [9.17, 15) is 24.5 Å². The van der Waals surface area contributed by atoms with Gasteiger partial charge in [0.2, 0.25) is 11.8 Å². The van der Waals surface area contributed by atoms with Gasteiger partial charge in [-0.2, -0.15) is 0 Å². The average molecular weight is 577 g/mol. The van der Waals surface area contributed by atoms with Crippen molar-refractivity contribution >= 4 is 52.0 Å². The Morgan fingerprint density at radius 1 is 0.975 bits per heavy atom. The molecular formula is C29H28N4O5S2. The monoisotopic (exact) mass is 576 g/mol. The van der Waals surface area contributed by atoms with E-state index in [1.807, 2.05) is 0 Å². The number of benzene rings is 2. The van der Waals surface area contributed by atoms with Gasteiger partial charge in [0, 0.05) is 47.0 Å². The first-order valence-corrected chi connectivity index (χ1v) is 15.4. The van der Waals surface area contributed by atoms with E-state index in [1.54, 1.807) is 11.8 Å². The number of fused-ring (bicyclic) bond motifs is 9. The van der Waals surface area contributed by atoms with Crippen molar-refractivity contribution in [1.29, 1.82) is 0 Å². The third kappa shape index (κ3) is 3.56. The number of non-ortho nitro benzene ring substituents is 1. The lowest BCUT2D eigenvalue weighted by atomic mass is 9.68. The number of nitrogens with zero attached hydrogens (tertiary/aromatic N) is 3. The van der Waals surface area contributed by atoms with Crippen LogP contribution in [0.2, 0.25) is 0 Å². The van der Waals surface area contributed by atoms with Gasteiger partial charge in [-0.3, -0.25) is 29.4 Å². The number of carbonyl (C=O) groups is 2. The summed E-state index contributed by atoms with van der Waals surface area (Å²) in [5, 5.41) is 12.1. The second kappa shape index (κ2) is 9.31. The standard InChI is InChI=1S/C29H28N4O5S2/c1-3-31(4-2)15-7-5-14(6-8-15)20-21-18-13-19(24(21)39-26-25(20)40-29(36)30-26)23-22(18)27(34)32(28(23)35)16-9-11-17(12-10-16)33(37)38/h5-12,18-24H,3-4,13H2,1-2H3,(H,30,36)/t18-,19-,20?,21?,22?,23?,24?/m1/s1. The minimum atomic E-state index is -0.494. The second-order valence-electron chi connectivity index (χ2n) is 11.0. The highest BCUT2D eigenvalue weighted by molar-refractivity contribution is 8.00. The zero-order chi connectivity index (χ0) is 27.9. The van der Waals surface area contributed by atoms with Crippen molar-refractivity contribution in [3.8, 4) is 0 Å². The fraction of sp³-hybridized carbons (Fsp3) is 0.414. The lowest BCUT2D eigenvalue weighted by Gasteiger charge is -2.43. The van der Waals surface area contributed by atoms with Gasteiger partial charge in [-0.25, -0.2) is 0 Å². The number of nitrogens with one attached hydrogen (secondary N) is 1. The molecule has 3 heterocycles. The average Bonchev–Trinajstić information content (AvgIpc) is 3.68. The predicted molar refractivity (Wildman–Crippen MR) is 154 cm³/mol. The van der Waals surface area contributed by atoms with E-state index < -0.39 is 16.8 Å². The predicted octanol–water partition coefficient (Wildman–Crippen LogP) is 4.87. The largest absolute Gasteiger partial charge is 0.372 e. The molecule has 206 valence electrons. The third-order valence-electron chi connectivity index (χ3n) is 9.42. The van der Waals surface area contributed by atoms with E-state index in [1.165, 1.54) is 40.5 Å². The molecule has 2 amide bonds. The number of hydrogen-bond donors (Lipinski definition) is 1. The fourth-order valence-corrected chi connectivity index (χ4v) is 10.7. The summed E-state index contributed by atoms with van der Waals surface area (Å²) in [6, 6.07) is 14.3. The number of aromatic nitrogens is 1. The number of carbonyl (C=O) groups excluding carboxylic acids is 2. The van der Waals surface area contributed by atoms with E-state index in [-0.39, 0.29) is 51.3 Å².